The van der Waals surface area contributed by atoms with Crippen molar-refractivity contribution < 1.29 is 9.96 Å². The summed E-state index contributed by atoms with van der Waals surface area (Å²) in [5, 5.41) is 0. The van der Waals surface area contributed by atoms with Gasteiger partial charge in [-0.2, -0.15) is 0 Å². The second-order valence-electron chi connectivity index (χ2n) is 7.06. The molecule has 0 aromatic carbocycles. The van der Waals surface area contributed by atoms with E-state index in [0.29, 0.717) is 0 Å². The van der Waals surface area contributed by atoms with Crippen molar-refractivity contribution in [1.29, 1.82) is 0 Å². The van der Waals surface area contributed by atoms with E-state index in [1.54, 1.807) is 0 Å². The molecule has 0 heterocycles. The molecule has 0 aromatic heterocycles. The third-order valence-corrected chi connectivity index (χ3v) is 4.94. The summed E-state index contributed by atoms with van der Waals surface area (Å²) in [7, 11) is 0. The lowest BCUT2D eigenvalue weighted by atomic mass is 10.1. The van der Waals surface area contributed by atoms with Crippen molar-refractivity contribution in [3.63, 3.8) is 0 Å². The third-order valence-electron chi connectivity index (χ3n) is 4.94. The molecular weight excluding hydrogens is 270 g/mol. The molecule has 0 fully saturated rings. The summed E-state index contributed by atoms with van der Waals surface area (Å²) in [6.45, 7) is 15.1. The number of nitrogens with zero attached hydrogens (tertiary/aromatic N) is 1. The average Bonchev–Trinajstić information content (AvgIpc) is 2.51. The molecule has 0 saturated carbocycles. The van der Waals surface area contributed by atoms with Crippen molar-refractivity contribution in [1.82, 2.24) is 0 Å². The average molecular weight is 316 g/mol. The van der Waals surface area contributed by atoms with Crippen LogP contribution in [0, 0.1) is 0 Å². The number of rotatable bonds is 16. The zero-order valence-corrected chi connectivity index (χ0v) is 16.2. The maximum atomic E-state index is 2.35. The first-order chi connectivity index (χ1) is 10.2. The Labute approximate surface area is 141 Å². The Morgan fingerprint density at radius 2 is 0.727 bits per heavy atom. The molecule has 0 aromatic rings. The Balaban J connectivity index is 0. The standard InChI is InChI=1S/C20H44N.H2O/c1-5-9-13-15-19-21(17-11-7-3,18-12-8-4)20-16-14-10-6-2;/h5-20H2,1-4H3;1H2/q+1;/p-1. The number of hydrogen-bond acceptors (Lipinski definition) is 1. The van der Waals surface area contributed by atoms with E-state index in [1.807, 2.05) is 0 Å². The maximum Gasteiger partial charge on any atom is 0.0786 e. The van der Waals surface area contributed by atoms with E-state index in [0.717, 1.165) is 0 Å². The van der Waals surface area contributed by atoms with Gasteiger partial charge >= 0.3 is 0 Å². The lowest BCUT2D eigenvalue weighted by Gasteiger charge is -2.39. The zero-order valence-electron chi connectivity index (χ0n) is 16.2. The lowest BCUT2D eigenvalue weighted by molar-refractivity contribution is -0.929. The fourth-order valence-corrected chi connectivity index (χ4v) is 3.41. The van der Waals surface area contributed by atoms with Gasteiger partial charge in [0.05, 0.1) is 26.2 Å². The van der Waals surface area contributed by atoms with Crippen LogP contribution in [0.15, 0.2) is 0 Å². The summed E-state index contributed by atoms with van der Waals surface area (Å²) in [6.07, 6.45) is 16.9. The first-order valence-electron chi connectivity index (χ1n) is 10.1. The minimum absolute atomic E-state index is 0. The number of quaternary nitrogens is 1. The van der Waals surface area contributed by atoms with Crippen LogP contribution >= 0.6 is 0 Å². The van der Waals surface area contributed by atoms with Gasteiger partial charge in [-0.3, -0.25) is 0 Å². The Bertz CT molecular complexity index is 184. The van der Waals surface area contributed by atoms with E-state index in [1.165, 1.54) is 108 Å². The van der Waals surface area contributed by atoms with Crippen molar-refractivity contribution in [2.75, 3.05) is 26.2 Å². The van der Waals surface area contributed by atoms with Crippen molar-refractivity contribution >= 4 is 0 Å². The largest absolute Gasteiger partial charge is 0.870 e. The molecule has 0 saturated heterocycles. The number of hydrogen-bond donors (Lipinski definition) is 0. The van der Waals surface area contributed by atoms with Gasteiger partial charge in [0, 0.05) is 0 Å². The van der Waals surface area contributed by atoms with Gasteiger partial charge in [0.1, 0.15) is 0 Å². The summed E-state index contributed by atoms with van der Waals surface area (Å²) < 4.78 is 1.44. The Morgan fingerprint density at radius 1 is 0.409 bits per heavy atom. The molecule has 0 rings (SSSR count). The molecule has 136 valence electrons. The van der Waals surface area contributed by atoms with Crippen molar-refractivity contribution in [2.45, 2.75) is 105 Å². The highest BCUT2D eigenvalue weighted by Gasteiger charge is 2.25. The minimum atomic E-state index is 0. The van der Waals surface area contributed by atoms with Crippen LogP contribution in [0.25, 0.3) is 0 Å². The highest BCUT2D eigenvalue weighted by Crippen LogP contribution is 2.18. The van der Waals surface area contributed by atoms with Crippen LogP contribution in [0.3, 0.4) is 0 Å². The van der Waals surface area contributed by atoms with Crippen LogP contribution in [0.4, 0.5) is 0 Å². The molecule has 2 heteroatoms. The molecule has 0 amide bonds. The van der Waals surface area contributed by atoms with E-state index in [2.05, 4.69) is 27.7 Å². The zero-order chi connectivity index (χ0) is 15.8. The molecule has 1 N–H and O–H groups in total. The second kappa shape index (κ2) is 17.3. The maximum absolute atomic E-state index is 2.35. The Hall–Kier alpha value is -0.0800. The van der Waals surface area contributed by atoms with Gasteiger partial charge in [0.2, 0.25) is 0 Å². The summed E-state index contributed by atoms with van der Waals surface area (Å²) in [5.41, 5.74) is 0. The van der Waals surface area contributed by atoms with Crippen LogP contribution in [-0.2, 0) is 0 Å². The topological polar surface area (TPSA) is 30.0 Å². The van der Waals surface area contributed by atoms with Gasteiger partial charge in [-0.1, -0.05) is 66.2 Å². The van der Waals surface area contributed by atoms with E-state index < -0.39 is 0 Å². The first-order valence-corrected chi connectivity index (χ1v) is 10.1. The van der Waals surface area contributed by atoms with Gasteiger partial charge < -0.3 is 9.96 Å². The van der Waals surface area contributed by atoms with Crippen LogP contribution in [0.5, 0.6) is 0 Å². The van der Waals surface area contributed by atoms with Gasteiger partial charge in [-0.05, 0) is 38.5 Å². The van der Waals surface area contributed by atoms with E-state index >= 15 is 0 Å². The van der Waals surface area contributed by atoms with Gasteiger partial charge in [-0.15, -0.1) is 0 Å². The van der Waals surface area contributed by atoms with Crippen LogP contribution < -0.4 is 0 Å². The molecule has 0 atom stereocenters. The molecular formula is C20H45NO. The third kappa shape index (κ3) is 12.5. The molecule has 0 bridgehead atoms. The van der Waals surface area contributed by atoms with Crippen molar-refractivity contribution in [2.24, 2.45) is 0 Å². The van der Waals surface area contributed by atoms with Crippen LogP contribution in [-0.4, -0.2) is 36.1 Å². The normalized spacial score (nSPS) is 11.5. The minimum Gasteiger partial charge on any atom is -0.870 e. The molecule has 0 aliphatic rings. The monoisotopic (exact) mass is 315 g/mol. The van der Waals surface area contributed by atoms with Crippen LogP contribution in [0.2, 0.25) is 0 Å². The molecule has 0 unspecified atom stereocenters. The molecule has 0 spiro atoms. The van der Waals surface area contributed by atoms with E-state index in [4.69, 9.17) is 0 Å². The molecule has 2 nitrogen and oxygen atoms in total. The smallest absolute Gasteiger partial charge is 0.0786 e. The predicted octanol–water partition coefficient (Wildman–Crippen LogP) is 6.39. The predicted molar refractivity (Wildman–Crippen MR) is 99.8 cm³/mol. The fourth-order valence-electron chi connectivity index (χ4n) is 3.41. The second-order valence-corrected chi connectivity index (χ2v) is 7.06. The Morgan fingerprint density at radius 3 is 1.05 bits per heavy atom. The van der Waals surface area contributed by atoms with Gasteiger partial charge in [0.25, 0.3) is 0 Å². The van der Waals surface area contributed by atoms with E-state index in [9.17, 15) is 0 Å². The first kappa shape index (κ1) is 24.2. The number of unbranched alkanes of at least 4 members (excludes halogenated alkanes) is 8. The highest BCUT2D eigenvalue weighted by atomic mass is 16.0. The fraction of sp³-hybridized carbons (Fsp3) is 1.00. The molecule has 22 heavy (non-hydrogen) atoms. The lowest BCUT2D eigenvalue weighted by Crippen LogP contribution is -2.50. The van der Waals surface area contributed by atoms with Crippen LogP contribution in [0.1, 0.15) is 105 Å². The van der Waals surface area contributed by atoms with Gasteiger partial charge in [0.15, 0.2) is 0 Å². The van der Waals surface area contributed by atoms with Crippen molar-refractivity contribution in [3.05, 3.63) is 0 Å². The SMILES string of the molecule is CCCCCC[N+](CCCC)(CCCC)CCCCCC.[OH-]. The van der Waals surface area contributed by atoms with Crippen molar-refractivity contribution in [3.8, 4) is 0 Å². The van der Waals surface area contributed by atoms with E-state index in [-0.39, 0.29) is 5.48 Å². The molecule has 0 aliphatic heterocycles. The summed E-state index contributed by atoms with van der Waals surface area (Å²) >= 11 is 0. The summed E-state index contributed by atoms with van der Waals surface area (Å²) in [6, 6.07) is 0. The molecule has 0 radical (unpaired) electrons. The Kier molecular flexibility index (Phi) is 19.0. The quantitative estimate of drug-likeness (QED) is 0.240. The molecule has 0 aliphatic carbocycles. The summed E-state index contributed by atoms with van der Waals surface area (Å²) in [5.74, 6) is 0. The summed E-state index contributed by atoms with van der Waals surface area (Å²) in [4.78, 5) is 0. The highest BCUT2D eigenvalue weighted by molar-refractivity contribution is 4.51. The van der Waals surface area contributed by atoms with Gasteiger partial charge in [-0.25, -0.2) is 0 Å².